The first-order valence-electron chi connectivity index (χ1n) is 7.86. The summed E-state index contributed by atoms with van der Waals surface area (Å²) in [5.74, 6) is 0.672. The number of halogens is 1. The number of ether oxygens (including phenoxy) is 1. The lowest BCUT2D eigenvalue weighted by molar-refractivity contribution is 0.0947. The third-order valence-electron chi connectivity index (χ3n) is 3.55. The van der Waals surface area contributed by atoms with Crippen molar-refractivity contribution in [3.63, 3.8) is 0 Å². The van der Waals surface area contributed by atoms with Crippen LogP contribution in [0.25, 0.3) is 0 Å². The molecule has 122 valence electrons. The van der Waals surface area contributed by atoms with Crippen molar-refractivity contribution in [3.05, 3.63) is 64.2 Å². The average Bonchev–Trinajstić information content (AvgIpc) is 2.55. The lowest BCUT2D eigenvalue weighted by atomic mass is 10.1. The standard InChI is InChI=1S/C19H22ClNO2/c1-3-4-15-6-9-17(10-7-15)23-12-11-21-19(22)16-8-5-14(2)18(20)13-16/h5-10,13H,3-4,11-12H2,1-2H3,(H,21,22). The summed E-state index contributed by atoms with van der Waals surface area (Å²) in [5.41, 5.74) is 2.83. The molecule has 0 radical (unpaired) electrons. The number of rotatable bonds is 7. The molecule has 2 rings (SSSR count). The van der Waals surface area contributed by atoms with Gasteiger partial charge in [-0.2, -0.15) is 0 Å². The molecule has 0 spiro atoms. The largest absolute Gasteiger partial charge is 0.492 e. The topological polar surface area (TPSA) is 38.3 Å². The molecule has 3 nitrogen and oxygen atoms in total. The van der Waals surface area contributed by atoms with E-state index >= 15 is 0 Å². The molecule has 2 aromatic carbocycles. The molecule has 0 saturated carbocycles. The summed E-state index contributed by atoms with van der Waals surface area (Å²) in [6.45, 7) is 4.94. The predicted molar refractivity (Wildman–Crippen MR) is 94.5 cm³/mol. The SMILES string of the molecule is CCCc1ccc(OCCNC(=O)c2ccc(C)c(Cl)c2)cc1. The number of amides is 1. The Morgan fingerprint density at radius 3 is 2.57 bits per heavy atom. The summed E-state index contributed by atoms with van der Waals surface area (Å²) in [4.78, 5) is 12.0. The third-order valence-corrected chi connectivity index (χ3v) is 3.96. The lowest BCUT2D eigenvalue weighted by Gasteiger charge is -2.09. The van der Waals surface area contributed by atoms with Crippen LogP contribution in [-0.4, -0.2) is 19.1 Å². The highest BCUT2D eigenvalue weighted by molar-refractivity contribution is 6.31. The van der Waals surface area contributed by atoms with E-state index in [9.17, 15) is 4.79 Å². The summed E-state index contributed by atoms with van der Waals surface area (Å²) in [5, 5.41) is 3.42. The Bertz CT molecular complexity index is 653. The van der Waals surface area contributed by atoms with Crippen LogP contribution < -0.4 is 10.1 Å². The van der Waals surface area contributed by atoms with Crippen LogP contribution in [0.1, 0.15) is 34.8 Å². The van der Waals surface area contributed by atoms with E-state index in [1.54, 1.807) is 12.1 Å². The number of aryl methyl sites for hydroxylation is 2. The average molecular weight is 332 g/mol. The Kier molecular flexibility index (Phi) is 6.48. The van der Waals surface area contributed by atoms with Gasteiger partial charge in [-0.3, -0.25) is 4.79 Å². The number of carbonyl (C=O) groups is 1. The van der Waals surface area contributed by atoms with Crippen molar-refractivity contribution in [3.8, 4) is 5.75 Å². The van der Waals surface area contributed by atoms with Gasteiger partial charge in [0.15, 0.2) is 0 Å². The zero-order chi connectivity index (χ0) is 16.7. The second kappa shape index (κ2) is 8.59. The van der Waals surface area contributed by atoms with Gasteiger partial charge >= 0.3 is 0 Å². The Hall–Kier alpha value is -2.00. The van der Waals surface area contributed by atoms with Crippen LogP contribution in [0.4, 0.5) is 0 Å². The molecular weight excluding hydrogens is 310 g/mol. The van der Waals surface area contributed by atoms with Gasteiger partial charge in [-0.05, 0) is 48.7 Å². The molecule has 0 unspecified atom stereocenters. The Morgan fingerprint density at radius 1 is 1.17 bits per heavy atom. The van der Waals surface area contributed by atoms with E-state index in [1.807, 2.05) is 25.1 Å². The molecule has 1 amide bonds. The molecule has 0 bridgehead atoms. The van der Waals surface area contributed by atoms with Crippen LogP contribution in [-0.2, 0) is 6.42 Å². The van der Waals surface area contributed by atoms with E-state index in [0.717, 1.165) is 24.2 Å². The van der Waals surface area contributed by atoms with Crippen molar-refractivity contribution in [1.82, 2.24) is 5.32 Å². The fourth-order valence-electron chi connectivity index (χ4n) is 2.21. The van der Waals surface area contributed by atoms with Gasteiger partial charge < -0.3 is 10.1 Å². The zero-order valence-electron chi connectivity index (χ0n) is 13.6. The van der Waals surface area contributed by atoms with Gasteiger partial charge in [-0.25, -0.2) is 0 Å². The van der Waals surface area contributed by atoms with Gasteiger partial charge in [0.2, 0.25) is 0 Å². The lowest BCUT2D eigenvalue weighted by Crippen LogP contribution is -2.28. The van der Waals surface area contributed by atoms with Gasteiger partial charge in [0.05, 0.1) is 6.54 Å². The quantitative estimate of drug-likeness (QED) is 0.763. The number of carbonyl (C=O) groups excluding carboxylic acids is 1. The number of hydrogen-bond acceptors (Lipinski definition) is 2. The van der Waals surface area contributed by atoms with Crippen LogP contribution in [0.15, 0.2) is 42.5 Å². The fourth-order valence-corrected chi connectivity index (χ4v) is 2.39. The molecule has 0 heterocycles. The van der Waals surface area contributed by atoms with Crippen molar-refractivity contribution in [2.24, 2.45) is 0 Å². The van der Waals surface area contributed by atoms with Crippen LogP contribution in [0.2, 0.25) is 5.02 Å². The van der Waals surface area contributed by atoms with Crippen molar-refractivity contribution in [2.45, 2.75) is 26.7 Å². The second-order valence-electron chi connectivity index (χ2n) is 5.46. The van der Waals surface area contributed by atoms with Gasteiger partial charge in [0, 0.05) is 10.6 Å². The maximum absolute atomic E-state index is 12.0. The number of benzene rings is 2. The molecule has 23 heavy (non-hydrogen) atoms. The molecular formula is C19H22ClNO2. The molecule has 0 saturated heterocycles. The van der Waals surface area contributed by atoms with E-state index in [-0.39, 0.29) is 5.91 Å². The Morgan fingerprint density at radius 2 is 1.91 bits per heavy atom. The van der Waals surface area contributed by atoms with Crippen LogP contribution in [0.3, 0.4) is 0 Å². The van der Waals surface area contributed by atoms with E-state index in [0.29, 0.717) is 23.7 Å². The third kappa shape index (κ3) is 5.29. The monoisotopic (exact) mass is 331 g/mol. The summed E-state index contributed by atoms with van der Waals surface area (Å²) in [6, 6.07) is 13.4. The predicted octanol–water partition coefficient (Wildman–Crippen LogP) is 4.41. The number of hydrogen-bond donors (Lipinski definition) is 1. The Balaban J connectivity index is 1.76. The summed E-state index contributed by atoms with van der Waals surface area (Å²) < 4.78 is 5.63. The van der Waals surface area contributed by atoms with Crippen molar-refractivity contribution >= 4 is 17.5 Å². The van der Waals surface area contributed by atoms with E-state index < -0.39 is 0 Å². The van der Waals surface area contributed by atoms with E-state index in [1.165, 1.54) is 5.56 Å². The summed E-state index contributed by atoms with van der Waals surface area (Å²) >= 11 is 6.03. The van der Waals surface area contributed by atoms with Crippen molar-refractivity contribution in [2.75, 3.05) is 13.2 Å². The summed E-state index contributed by atoms with van der Waals surface area (Å²) in [6.07, 6.45) is 2.21. The molecule has 0 aromatic heterocycles. The highest BCUT2D eigenvalue weighted by Crippen LogP contribution is 2.16. The number of nitrogens with one attached hydrogen (secondary N) is 1. The maximum atomic E-state index is 12.0. The molecule has 0 aliphatic heterocycles. The van der Waals surface area contributed by atoms with Crippen LogP contribution in [0.5, 0.6) is 5.75 Å². The van der Waals surface area contributed by atoms with Gasteiger partial charge in [-0.1, -0.05) is 43.1 Å². The maximum Gasteiger partial charge on any atom is 0.251 e. The molecule has 0 fully saturated rings. The van der Waals surface area contributed by atoms with Crippen LogP contribution >= 0.6 is 11.6 Å². The minimum Gasteiger partial charge on any atom is -0.492 e. The normalized spacial score (nSPS) is 10.4. The van der Waals surface area contributed by atoms with Gasteiger partial charge in [-0.15, -0.1) is 0 Å². The molecule has 0 atom stereocenters. The molecule has 0 aliphatic rings. The minimum absolute atomic E-state index is 0.145. The first kappa shape index (κ1) is 17.4. The summed E-state index contributed by atoms with van der Waals surface area (Å²) in [7, 11) is 0. The Labute approximate surface area is 142 Å². The van der Waals surface area contributed by atoms with Crippen molar-refractivity contribution in [1.29, 1.82) is 0 Å². The highest BCUT2D eigenvalue weighted by Gasteiger charge is 2.06. The highest BCUT2D eigenvalue weighted by atomic mass is 35.5. The first-order valence-corrected chi connectivity index (χ1v) is 8.24. The van der Waals surface area contributed by atoms with Crippen LogP contribution in [0, 0.1) is 6.92 Å². The molecule has 4 heteroatoms. The fraction of sp³-hybridized carbons (Fsp3) is 0.316. The van der Waals surface area contributed by atoms with Gasteiger partial charge in [0.25, 0.3) is 5.91 Å². The van der Waals surface area contributed by atoms with E-state index in [2.05, 4.69) is 24.4 Å². The smallest absolute Gasteiger partial charge is 0.251 e. The van der Waals surface area contributed by atoms with Gasteiger partial charge in [0.1, 0.15) is 12.4 Å². The zero-order valence-corrected chi connectivity index (χ0v) is 14.3. The molecule has 1 N–H and O–H groups in total. The molecule has 0 aliphatic carbocycles. The van der Waals surface area contributed by atoms with Crippen molar-refractivity contribution < 1.29 is 9.53 Å². The van der Waals surface area contributed by atoms with E-state index in [4.69, 9.17) is 16.3 Å². The minimum atomic E-state index is -0.145. The molecule has 2 aromatic rings. The second-order valence-corrected chi connectivity index (χ2v) is 5.87. The first-order chi connectivity index (χ1) is 11.1.